The fourth-order valence-electron chi connectivity index (χ4n) is 5.67. The van der Waals surface area contributed by atoms with Crippen LogP contribution >= 0.6 is 0 Å². The van der Waals surface area contributed by atoms with Crippen molar-refractivity contribution in [3.8, 4) is 11.5 Å². The van der Waals surface area contributed by atoms with Gasteiger partial charge in [-0.05, 0) is 37.0 Å². The van der Waals surface area contributed by atoms with Crippen molar-refractivity contribution in [2.75, 3.05) is 33.1 Å². The molecular weight excluding hydrogens is 532 g/mol. The Balaban J connectivity index is 1.25. The van der Waals surface area contributed by atoms with Gasteiger partial charge in [0.25, 0.3) is 0 Å². The maximum absolute atomic E-state index is 13.7. The molecule has 3 amide bonds. The molecule has 41 heavy (non-hydrogen) atoms. The van der Waals surface area contributed by atoms with Crippen molar-refractivity contribution in [1.82, 2.24) is 21.3 Å². The summed E-state index contributed by atoms with van der Waals surface area (Å²) in [4.78, 5) is 52.4. The van der Waals surface area contributed by atoms with Crippen LogP contribution in [-0.2, 0) is 35.1 Å². The van der Waals surface area contributed by atoms with E-state index < -0.39 is 36.0 Å². The summed E-state index contributed by atoms with van der Waals surface area (Å²) in [6, 6.07) is 2.78. The van der Waals surface area contributed by atoms with E-state index in [1.54, 1.807) is 19.1 Å². The van der Waals surface area contributed by atoms with Crippen LogP contribution in [0, 0.1) is 5.92 Å². The lowest BCUT2D eigenvalue weighted by Crippen LogP contribution is -2.56. The van der Waals surface area contributed by atoms with E-state index in [2.05, 4.69) is 21.3 Å². The van der Waals surface area contributed by atoms with Gasteiger partial charge in [-0.1, -0.05) is 31.7 Å². The lowest BCUT2D eigenvalue weighted by atomic mass is 9.94. The Morgan fingerprint density at radius 3 is 2.46 bits per heavy atom. The molecule has 4 aliphatic rings. The first-order chi connectivity index (χ1) is 19.9. The molecule has 1 saturated carbocycles. The smallest absolute Gasteiger partial charge is 0.243 e. The number of carbonyl (C=O) groups is 4. The van der Waals surface area contributed by atoms with Gasteiger partial charge in [-0.15, -0.1) is 0 Å². The number of morpholine rings is 1. The minimum Gasteiger partial charge on any atom is -0.454 e. The van der Waals surface area contributed by atoms with Gasteiger partial charge >= 0.3 is 0 Å². The van der Waals surface area contributed by atoms with Gasteiger partial charge in [0.05, 0.1) is 31.8 Å². The summed E-state index contributed by atoms with van der Waals surface area (Å²) >= 11 is 0. The topological polar surface area (TPSA) is 157 Å². The largest absolute Gasteiger partial charge is 0.454 e. The molecule has 5 rings (SSSR count). The SMILES string of the molecule is C[C@H](NC(=O)CC1CNCCO1)C(=O)N[C@@H](Cc1ccc2c(c1)OCO2)C(=O)N[C@@H](CC1CCCC1)C(=O)[C@H]1CO1. The van der Waals surface area contributed by atoms with E-state index in [0.717, 1.165) is 37.8 Å². The van der Waals surface area contributed by atoms with Crippen LogP contribution in [0.1, 0.15) is 51.0 Å². The highest BCUT2D eigenvalue weighted by Crippen LogP contribution is 2.33. The van der Waals surface area contributed by atoms with E-state index in [0.29, 0.717) is 43.6 Å². The number of rotatable bonds is 13. The summed E-state index contributed by atoms with van der Waals surface area (Å²) in [5.41, 5.74) is 0.748. The molecule has 12 heteroatoms. The summed E-state index contributed by atoms with van der Waals surface area (Å²) in [7, 11) is 0. The zero-order chi connectivity index (χ0) is 28.8. The van der Waals surface area contributed by atoms with Gasteiger partial charge in [-0.25, -0.2) is 0 Å². The van der Waals surface area contributed by atoms with Crippen molar-refractivity contribution in [1.29, 1.82) is 0 Å². The van der Waals surface area contributed by atoms with Gasteiger partial charge < -0.3 is 40.2 Å². The van der Waals surface area contributed by atoms with Crippen LogP contribution in [-0.4, -0.2) is 86.9 Å². The van der Waals surface area contributed by atoms with E-state index >= 15 is 0 Å². The van der Waals surface area contributed by atoms with Crippen LogP contribution in [0.3, 0.4) is 0 Å². The normalized spacial score (nSPS) is 23.7. The highest BCUT2D eigenvalue weighted by Gasteiger charge is 2.39. The Morgan fingerprint density at radius 1 is 0.976 bits per heavy atom. The van der Waals surface area contributed by atoms with Crippen molar-refractivity contribution >= 4 is 23.5 Å². The number of ketones is 1. The second-order valence-electron chi connectivity index (χ2n) is 11.3. The van der Waals surface area contributed by atoms with Crippen molar-refractivity contribution in [3.63, 3.8) is 0 Å². The summed E-state index contributed by atoms with van der Waals surface area (Å²) in [5, 5.41) is 11.6. The number of carbonyl (C=O) groups excluding carboxylic acids is 4. The zero-order valence-electron chi connectivity index (χ0n) is 23.4. The lowest BCUT2D eigenvalue weighted by molar-refractivity contribution is -0.134. The number of Topliss-reactive ketones (excluding diaryl/α,β-unsaturated/α-hetero) is 1. The Morgan fingerprint density at radius 2 is 1.73 bits per heavy atom. The van der Waals surface area contributed by atoms with E-state index in [9.17, 15) is 19.2 Å². The number of epoxide rings is 1. The third-order valence-corrected chi connectivity index (χ3v) is 8.05. The molecule has 3 aliphatic heterocycles. The number of nitrogens with one attached hydrogen (secondary N) is 4. The summed E-state index contributed by atoms with van der Waals surface area (Å²) in [6.45, 7) is 3.89. The van der Waals surface area contributed by atoms with Crippen molar-refractivity contribution in [2.24, 2.45) is 5.92 Å². The van der Waals surface area contributed by atoms with Gasteiger partial charge in [0.1, 0.15) is 18.2 Å². The third kappa shape index (κ3) is 8.17. The van der Waals surface area contributed by atoms with Gasteiger partial charge in [-0.2, -0.15) is 0 Å². The fourth-order valence-corrected chi connectivity index (χ4v) is 5.67. The Hall–Kier alpha value is -3.22. The molecule has 0 aromatic heterocycles. The molecule has 3 heterocycles. The molecule has 2 saturated heterocycles. The summed E-state index contributed by atoms with van der Waals surface area (Å²) < 4.78 is 21.7. The highest BCUT2D eigenvalue weighted by molar-refractivity contribution is 5.96. The van der Waals surface area contributed by atoms with Crippen molar-refractivity contribution in [3.05, 3.63) is 23.8 Å². The number of fused-ring (bicyclic) bond motifs is 1. The van der Waals surface area contributed by atoms with Crippen molar-refractivity contribution < 1.29 is 38.1 Å². The van der Waals surface area contributed by atoms with Gasteiger partial charge in [0, 0.05) is 19.5 Å². The second kappa shape index (κ2) is 13.6. The average Bonchev–Trinajstić information content (AvgIpc) is 3.48. The molecule has 224 valence electrons. The monoisotopic (exact) mass is 572 g/mol. The van der Waals surface area contributed by atoms with E-state index in [1.807, 2.05) is 6.07 Å². The molecule has 1 unspecified atom stereocenters. The molecule has 1 aromatic rings. The predicted molar refractivity (Wildman–Crippen MR) is 146 cm³/mol. The maximum atomic E-state index is 13.7. The fraction of sp³-hybridized carbons (Fsp3) is 0.655. The van der Waals surface area contributed by atoms with E-state index in [1.165, 1.54) is 0 Å². The number of ether oxygens (including phenoxy) is 4. The molecule has 3 fully saturated rings. The number of hydrogen-bond acceptors (Lipinski definition) is 9. The Labute approximate surface area is 239 Å². The van der Waals surface area contributed by atoms with Crippen LogP contribution in [0.2, 0.25) is 0 Å². The third-order valence-electron chi connectivity index (χ3n) is 8.05. The van der Waals surface area contributed by atoms with Gasteiger partial charge in [0.15, 0.2) is 17.3 Å². The predicted octanol–water partition coefficient (Wildman–Crippen LogP) is 0.359. The molecule has 12 nitrogen and oxygen atoms in total. The van der Waals surface area contributed by atoms with Crippen LogP contribution < -0.4 is 30.7 Å². The van der Waals surface area contributed by atoms with Crippen molar-refractivity contribution in [2.45, 2.75) is 82.2 Å². The average molecular weight is 573 g/mol. The zero-order valence-corrected chi connectivity index (χ0v) is 23.4. The summed E-state index contributed by atoms with van der Waals surface area (Å²) in [5.74, 6) is 0.123. The number of hydrogen-bond donors (Lipinski definition) is 4. The first-order valence-electron chi connectivity index (χ1n) is 14.6. The first-order valence-corrected chi connectivity index (χ1v) is 14.6. The molecule has 1 aromatic carbocycles. The molecule has 4 N–H and O–H groups in total. The standard InChI is InChI=1S/C29H40N4O8/c1-17(31-26(34)13-20-14-30-8-9-38-20)28(36)33-22(11-19-6-7-23-24(12-19)41-16-40-23)29(37)32-21(27(35)25-15-39-25)10-18-4-2-3-5-18/h6-7,12,17-18,20-22,25,30H,2-5,8-11,13-16H2,1H3,(H,31,34)(H,32,37)(H,33,36)/t17-,20?,21-,22-,25+/m0/s1. The molecule has 1 aliphatic carbocycles. The summed E-state index contributed by atoms with van der Waals surface area (Å²) in [6.07, 6.45) is 4.39. The van der Waals surface area contributed by atoms with Crippen LogP contribution in [0.5, 0.6) is 11.5 Å². The van der Waals surface area contributed by atoms with Gasteiger partial charge in [0.2, 0.25) is 24.5 Å². The second-order valence-corrected chi connectivity index (χ2v) is 11.3. The maximum Gasteiger partial charge on any atom is 0.243 e. The Kier molecular flexibility index (Phi) is 9.73. The molecule has 5 atom stereocenters. The number of benzene rings is 1. The lowest BCUT2D eigenvalue weighted by Gasteiger charge is -2.26. The molecule has 0 bridgehead atoms. The highest BCUT2D eigenvalue weighted by atomic mass is 16.7. The van der Waals surface area contributed by atoms with E-state index in [4.69, 9.17) is 18.9 Å². The quantitative estimate of drug-likeness (QED) is 0.245. The van der Waals surface area contributed by atoms with Gasteiger partial charge in [-0.3, -0.25) is 19.2 Å². The molecule has 0 radical (unpaired) electrons. The molecule has 0 spiro atoms. The first kappa shape index (κ1) is 29.3. The molecular formula is C29H40N4O8. The van der Waals surface area contributed by atoms with E-state index in [-0.39, 0.29) is 37.4 Å². The minimum atomic E-state index is -0.993. The van der Waals surface area contributed by atoms with Crippen LogP contribution in [0.4, 0.5) is 0 Å². The Bertz CT molecular complexity index is 1110. The van der Waals surface area contributed by atoms with Crippen LogP contribution in [0.15, 0.2) is 18.2 Å². The minimum absolute atomic E-state index is 0.118. The van der Waals surface area contributed by atoms with Crippen LogP contribution in [0.25, 0.3) is 0 Å². The number of amides is 3.